The molecule has 0 atom stereocenters. The molecule has 1 aromatic heterocycles. The van der Waals surface area contributed by atoms with Crippen molar-refractivity contribution in [2.45, 2.75) is 6.54 Å². The van der Waals surface area contributed by atoms with E-state index in [0.29, 0.717) is 27.0 Å². The van der Waals surface area contributed by atoms with E-state index in [4.69, 9.17) is 23.2 Å². The van der Waals surface area contributed by atoms with Gasteiger partial charge in [0.15, 0.2) is 0 Å². The average molecular weight is 390 g/mol. The van der Waals surface area contributed by atoms with Crippen molar-refractivity contribution in [2.75, 3.05) is 5.32 Å². The van der Waals surface area contributed by atoms with Crippen molar-refractivity contribution < 1.29 is 9.18 Å². The topological polar surface area (TPSA) is 54.0 Å². The number of aromatic nitrogens is 1. The molecule has 3 rings (SSSR count). The number of halogens is 3. The number of carbonyl (C=O) groups excluding carboxylic acids is 1. The summed E-state index contributed by atoms with van der Waals surface area (Å²) < 4.78 is 13.6. The lowest BCUT2D eigenvalue weighted by Gasteiger charge is -2.10. The van der Waals surface area contributed by atoms with Crippen molar-refractivity contribution in [3.8, 4) is 0 Å². The Bertz CT molecular complexity index is 950. The molecule has 0 saturated carbocycles. The number of benzene rings is 2. The number of nitrogens with zero attached hydrogens (tertiary/aromatic N) is 1. The number of hydrogen-bond donors (Lipinski definition) is 2. The predicted molar refractivity (Wildman–Crippen MR) is 102 cm³/mol. The van der Waals surface area contributed by atoms with Crippen molar-refractivity contribution in [2.24, 2.45) is 0 Å². The zero-order valence-corrected chi connectivity index (χ0v) is 15.0. The standard InChI is InChI=1S/C19H14Cl2FN3O/c20-13-5-6-17(15(21)9-13)25-14-7-8-23-18(10-14)19(26)24-11-12-3-1-2-4-16(12)22/h1-10H,11H2,(H,23,25)(H,24,26). The molecule has 0 aliphatic heterocycles. The molecule has 1 amide bonds. The number of nitrogens with one attached hydrogen (secondary N) is 2. The van der Waals surface area contributed by atoms with Crippen LogP contribution in [-0.4, -0.2) is 10.9 Å². The Morgan fingerprint density at radius 3 is 2.65 bits per heavy atom. The lowest BCUT2D eigenvalue weighted by molar-refractivity contribution is 0.0945. The Labute approximate surface area is 160 Å². The number of rotatable bonds is 5. The minimum atomic E-state index is -0.404. The molecule has 7 heteroatoms. The second-order valence-corrected chi connectivity index (χ2v) is 6.30. The highest BCUT2D eigenvalue weighted by molar-refractivity contribution is 6.36. The molecule has 0 aliphatic rings. The van der Waals surface area contributed by atoms with Crippen LogP contribution in [0.15, 0.2) is 60.8 Å². The summed E-state index contributed by atoms with van der Waals surface area (Å²) in [6, 6.07) is 14.6. The summed E-state index contributed by atoms with van der Waals surface area (Å²) in [5.74, 6) is -0.771. The molecule has 0 radical (unpaired) electrons. The van der Waals surface area contributed by atoms with Crippen LogP contribution in [0.5, 0.6) is 0 Å². The van der Waals surface area contributed by atoms with Crippen molar-refractivity contribution >= 4 is 40.5 Å². The molecular formula is C19H14Cl2FN3O. The van der Waals surface area contributed by atoms with Crippen LogP contribution in [0.2, 0.25) is 10.0 Å². The first-order valence-electron chi connectivity index (χ1n) is 7.72. The van der Waals surface area contributed by atoms with Gasteiger partial charge in [-0.25, -0.2) is 4.39 Å². The lowest BCUT2D eigenvalue weighted by Crippen LogP contribution is -2.24. The Balaban J connectivity index is 1.70. The molecule has 4 nitrogen and oxygen atoms in total. The fraction of sp³-hybridized carbons (Fsp3) is 0.0526. The smallest absolute Gasteiger partial charge is 0.270 e. The fourth-order valence-corrected chi connectivity index (χ4v) is 2.74. The summed E-state index contributed by atoms with van der Waals surface area (Å²) in [6.07, 6.45) is 1.50. The van der Waals surface area contributed by atoms with Crippen LogP contribution in [0, 0.1) is 5.82 Å². The minimum Gasteiger partial charge on any atom is -0.354 e. The quantitative estimate of drug-likeness (QED) is 0.630. The fourth-order valence-electron chi connectivity index (χ4n) is 2.29. The molecule has 0 bridgehead atoms. The zero-order valence-electron chi connectivity index (χ0n) is 13.5. The molecule has 0 saturated heterocycles. The maximum Gasteiger partial charge on any atom is 0.270 e. The van der Waals surface area contributed by atoms with Gasteiger partial charge in [-0.15, -0.1) is 0 Å². The summed E-state index contributed by atoms with van der Waals surface area (Å²) >= 11 is 12.0. The molecule has 26 heavy (non-hydrogen) atoms. The number of hydrogen-bond acceptors (Lipinski definition) is 3. The molecule has 0 fully saturated rings. The highest BCUT2D eigenvalue weighted by Gasteiger charge is 2.10. The van der Waals surface area contributed by atoms with Crippen molar-refractivity contribution in [3.05, 3.63) is 87.9 Å². The molecule has 2 N–H and O–H groups in total. The van der Waals surface area contributed by atoms with Crippen LogP contribution >= 0.6 is 23.2 Å². The maximum atomic E-state index is 13.6. The average Bonchev–Trinajstić information content (AvgIpc) is 2.63. The van der Waals surface area contributed by atoms with Gasteiger partial charge in [0.1, 0.15) is 11.5 Å². The molecule has 132 valence electrons. The molecule has 0 aliphatic carbocycles. The summed E-state index contributed by atoms with van der Waals surface area (Å²) in [5, 5.41) is 6.75. The molecule has 0 spiro atoms. The number of carbonyl (C=O) groups is 1. The molecule has 0 unspecified atom stereocenters. The van der Waals surface area contributed by atoms with E-state index >= 15 is 0 Å². The van der Waals surface area contributed by atoms with Crippen molar-refractivity contribution in [1.82, 2.24) is 10.3 Å². The summed E-state index contributed by atoms with van der Waals surface area (Å²) in [4.78, 5) is 16.3. The lowest BCUT2D eigenvalue weighted by atomic mass is 10.2. The molecule has 2 aromatic carbocycles. The van der Waals surface area contributed by atoms with Crippen LogP contribution in [0.4, 0.5) is 15.8 Å². The van der Waals surface area contributed by atoms with Gasteiger partial charge < -0.3 is 10.6 Å². The van der Waals surface area contributed by atoms with Gasteiger partial charge in [0, 0.05) is 29.0 Å². The van der Waals surface area contributed by atoms with Gasteiger partial charge >= 0.3 is 0 Å². The summed E-state index contributed by atoms with van der Waals surface area (Å²) in [5.41, 5.74) is 1.90. The van der Waals surface area contributed by atoms with Crippen LogP contribution in [-0.2, 0) is 6.54 Å². The van der Waals surface area contributed by atoms with Gasteiger partial charge in [-0.1, -0.05) is 41.4 Å². The zero-order chi connectivity index (χ0) is 18.5. The van der Waals surface area contributed by atoms with Crippen LogP contribution in [0.3, 0.4) is 0 Å². The van der Waals surface area contributed by atoms with Crippen LogP contribution < -0.4 is 10.6 Å². The normalized spacial score (nSPS) is 10.4. The Hall–Kier alpha value is -2.63. The monoisotopic (exact) mass is 389 g/mol. The maximum absolute atomic E-state index is 13.6. The molecule has 3 aromatic rings. The molecular weight excluding hydrogens is 376 g/mol. The van der Waals surface area contributed by atoms with E-state index in [0.717, 1.165) is 0 Å². The third-order valence-electron chi connectivity index (χ3n) is 3.60. The van der Waals surface area contributed by atoms with E-state index in [-0.39, 0.29) is 18.1 Å². The highest BCUT2D eigenvalue weighted by atomic mass is 35.5. The van der Waals surface area contributed by atoms with E-state index in [1.165, 1.54) is 12.3 Å². The number of anilines is 2. The largest absolute Gasteiger partial charge is 0.354 e. The second-order valence-electron chi connectivity index (χ2n) is 5.45. The Morgan fingerprint density at radius 2 is 1.88 bits per heavy atom. The Kier molecular flexibility index (Phi) is 5.71. The SMILES string of the molecule is O=C(NCc1ccccc1F)c1cc(Nc2ccc(Cl)cc2Cl)ccn1. The van der Waals surface area contributed by atoms with Crippen molar-refractivity contribution in [1.29, 1.82) is 0 Å². The third kappa shape index (κ3) is 4.50. The minimum absolute atomic E-state index is 0.0772. The van der Waals surface area contributed by atoms with Gasteiger partial charge in [0.2, 0.25) is 0 Å². The van der Waals surface area contributed by atoms with E-state index < -0.39 is 5.91 Å². The van der Waals surface area contributed by atoms with Gasteiger partial charge in [-0.2, -0.15) is 0 Å². The first-order chi connectivity index (χ1) is 12.5. The van der Waals surface area contributed by atoms with Crippen LogP contribution in [0.1, 0.15) is 16.1 Å². The van der Waals surface area contributed by atoms with Crippen molar-refractivity contribution in [3.63, 3.8) is 0 Å². The van der Waals surface area contributed by atoms with E-state index in [1.807, 2.05) is 0 Å². The first kappa shape index (κ1) is 18.2. The summed E-state index contributed by atoms with van der Waals surface area (Å²) in [7, 11) is 0. The van der Waals surface area contributed by atoms with Gasteiger partial charge in [0.25, 0.3) is 5.91 Å². The second kappa shape index (κ2) is 8.17. The van der Waals surface area contributed by atoms with E-state index in [9.17, 15) is 9.18 Å². The number of pyridine rings is 1. The summed E-state index contributed by atoms with van der Waals surface area (Å²) in [6.45, 7) is 0.0772. The number of amides is 1. The first-order valence-corrected chi connectivity index (χ1v) is 8.48. The van der Waals surface area contributed by atoms with Crippen LogP contribution in [0.25, 0.3) is 0 Å². The predicted octanol–water partition coefficient (Wildman–Crippen LogP) is 5.20. The van der Waals surface area contributed by atoms with Gasteiger partial charge in [0.05, 0.1) is 10.7 Å². The third-order valence-corrected chi connectivity index (χ3v) is 4.15. The van der Waals surface area contributed by atoms with E-state index in [1.54, 1.807) is 48.5 Å². The van der Waals surface area contributed by atoms with Gasteiger partial charge in [-0.05, 0) is 36.4 Å². The Morgan fingerprint density at radius 1 is 1.08 bits per heavy atom. The van der Waals surface area contributed by atoms with E-state index in [2.05, 4.69) is 15.6 Å². The molecule has 1 heterocycles. The van der Waals surface area contributed by atoms with Gasteiger partial charge in [-0.3, -0.25) is 9.78 Å². The highest BCUT2D eigenvalue weighted by Crippen LogP contribution is 2.28.